The minimum Gasteiger partial charge on any atom is -0.493 e. The Kier molecular flexibility index (Phi) is 5.80. The molecule has 1 N–H and O–H groups in total. The molecule has 0 bridgehead atoms. The summed E-state index contributed by atoms with van der Waals surface area (Å²) in [6.07, 6.45) is 1.52. The fourth-order valence-electron chi connectivity index (χ4n) is 3.42. The van der Waals surface area contributed by atoms with E-state index in [0.717, 1.165) is 11.3 Å². The van der Waals surface area contributed by atoms with Gasteiger partial charge in [0.05, 0.1) is 37.5 Å². The second-order valence-corrected chi connectivity index (χ2v) is 7.77. The highest BCUT2D eigenvalue weighted by Gasteiger charge is 2.26. The average Bonchev–Trinajstić information content (AvgIpc) is 3.20. The molecule has 0 saturated carbocycles. The zero-order valence-electron chi connectivity index (χ0n) is 17.7. The highest BCUT2D eigenvalue weighted by atomic mass is 32.1. The van der Waals surface area contributed by atoms with Gasteiger partial charge in [-0.15, -0.1) is 11.3 Å². The van der Waals surface area contributed by atoms with Gasteiger partial charge >= 0.3 is 5.97 Å². The lowest BCUT2D eigenvalue weighted by molar-refractivity contribution is -0.385. The zero-order valence-corrected chi connectivity index (χ0v) is 18.5. The number of esters is 1. The minimum absolute atomic E-state index is 0.128. The number of fused-ring (bicyclic) bond motifs is 3. The van der Waals surface area contributed by atoms with Crippen molar-refractivity contribution in [2.45, 2.75) is 0 Å². The van der Waals surface area contributed by atoms with E-state index in [1.54, 1.807) is 12.1 Å². The van der Waals surface area contributed by atoms with Crippen molar-refractivity contribution in [1.82, 2.24) is 4.98 Å². The summed E-state index contributed by atoms with van der Waals surface area (Å²) in [5.41, 5.74) is 0.260. The number of nitro benzene ring substituents is 1. The summed E-state index contributed by atoms with van der Waals surface area (Å²) in [5, 5.41) is 15.1. The highest BCUT2D eigenvalue weighted by molar-refractivity contribution is 7.22. The van der Waals surface area contributed by atoms with Crippen molar-refractivity contribution in [1.29, 1.82) is 0 Å². The van der Waals surface area contributed by atoms with Crippen molar-refractivity contribution in [2.75, 3.05) is 26.6 Å². The maximum absolute atomic E-state index is 13.0. The summed E-state index contributed by atoms with van der Waals surface area (Å²) in [6.45, 7) is 0. The van der Waals surface area contributed by atoms with E-state index in [2.05, 4.69) is 10.3 Å². The van der Waals surface area contributed by atoms with Crippen LogP contribution in [0.15, 0.2) is 42.6 Å². The molecular formula is C22H17N3O7S. The van der Waals surface area contributed by atoms with Crippen LogP contribution in [0.5, 0.6) is 11.5 Å². The number of ether oxygens (including phenoxy) is 3. The van der Waals surface area contributed by atoms with Crippen LogP contribution in [-0.4, -0.2) is 43.1 Å². The number of carbonyl (C=O) groups excluding carboxylic acids is 2. The van der Waals surface area contributed by atoms with Gasteiger partial charge in [0.15, 0.2) is 11.5 Å². The molecule has 10 nitrogen and oxygen atoms in total. The molecule has 1 amide bonds. The molecule has 2 aromatic carbocycles. The van der Waals surface area contributed by atoms with Crippen LogP contribution < -0.4 is 14.8 Å². The molecule has 0 saturated heterocycles. The number of thiophene rings is 1. The van der Waals surface area contributed by atoms with E-state index in [1.807, 2.05) is 0 Å². The van der Waals surface area contributed by atoms with Crippen molar-refractivity contribution in [3.63, 3.8) is 0 Å². The third-order valence-electron chi connectivity index (χ3n) is 4.98. The number of carbonyl (C=O) groups is 2. The van der Waals surface area contributed by atoms with Gasteiger partial charge in [0.1, 0.15) is 10.4 Å². The van der Waals surface area contributed by atoms with Crippen LogP contribution in [0.3, 0.4) is 0 Å². The van der Waals surface area contributed by atoms with Gasteiger partial charge in [-0.3, -0.25) is 19.9 Å². The molecule has 0 radical (unpaired) electrons. The zero-order chi connectivity index (χ0) is 23.7. The lowest BCUT2D eigenvalue weighted by atomic mass is 10.1. The molecule has 11 heteroatoms. The Bertz CT molecular complexity index is 1430. The summed E-state index contributed by atoms with van der Waals surface area (Å²) in [7, 11) is 4.24. The van der Waals surface area contributed by atoms with Gasteiger partial charge in [-0.1, -0.05) is 12.1 Å². The van der Waals surface area contributed by atoms with Crippen LogP contribution in [0.25, 0.3) is 21.0 Å². The fourth-order valence-corrected chi connectivity index (χ4v) is 4.60. The van der Waals surface area contributed by atoms with Crippen molar-refractivity contribution in [3.05, 3.63) is 63.1 Å². The molecule has 33 heavy (non-hydrogen) atoms. The van der Waals surface area contributed by atoms with E-state index in [0.29, 0.717) is 32.5 Å². The van der Waals surface area contributed by atoms with E-state index in [9.17, 15) is 19.7 Å². The number of para-hydroxylation sites is 1. The maximum Gasteiger partial charge on any atom is 0.350 e. The minimum atomic E-state index is -0.737. The summed E-state index contributed by atoms with van der Waals surface area (Å²) in [6, 6.07) is 8.99. The molecule has 0 spiro atoms. The molecule has 4 aromatic rings. The van der Waals surface area contributed by atoms with Gasteiger partial charge in [0.2, 0.25) is 0 Å². The number of anilines is 1. The Morgan fingerprint density at radius 1 is 1.06 bits per heavy atom. The van der Waals surface area contributed by atoms with Crippen LogP contribution in [0.2, 0.25) is 0 Å². The topological polar surface area (TPSA) is 130 Å². The monoisotopic (exact) mass is 467 g/mol. The van der Waals surface area contributed by atoms with Crippen molar-refractivity contribution >= 4 is 55.6 Å². The normalized spacial score (nSPS) is 10.8. The number of hydrogen-bond acceptors (Lipinski definition) is 9. The molecule has 0 aliphatic rings. The van der Waals surface area contributed by atoms with Gasteiger partial charge in [-0.25, -0.2) is 4.79 Å². The van der Waals surface area contributed by atoms with Crippen LogP contribution in [-0.2, 0) is 4.74 Å². The van der Waals surface area contributed by atoms with Crippen molar-refractivity contribution in [3.8, 4) is 11.5 Å². The number of nitrogens with zero attached hydrogens (tertiary/aromatic N) is 2. The van der Waals surface area contributed by atoms with Crippen LogP contribution in [0.1, 0.15) is 20.0 Å². The predicted octanol–water partition coefficient (Wildman–Crippen LogP) is 4.41. The largest absolute Gasteiger partial charge is 0.493 e. The number of hydrogen-bond donors (Lipinski definition) is 1. The molecule has 2 aromatic heterocycles. The van der Waals surface area contributed by atoms with Crippen molar-refractivity contribution in [2.24, 2.45) is 0 Å². The smallest absolute Gasteiger partial charge is 0.350 e. The summed E-state index contributed by atoms with van der Waals surface area (Å²) in [4.78, 5) is 40.8. The van der Waals surface area contributed by atoms with Gasteiger partial charge in [-0.2, -0.15) is 0 Å². The Hall–Kier alpha value is -4.25. The molecule has 0 aliphatic carbocycles. The van der Waals surface area contributed by atoms with E-state index in [4.69, 9.17) is 14.2 Å². The van der Waals surface area contributed by atoms with Gasteiger partial charge in [0, 0.05) is 33.8 Å². The summed E-state index contributed by atoms with van der Waals surface area (Å²) < 4.78 is 16.3. The molecule has 0 unspecified atom stereocenters. The molecule has 2 heterocycles. The highest BCUT2D eigenvalue weighted by Crippen LogP contribution is 2.42. The second-order valence-electron chi connectivity index (χ2n) is 6.75. The molecule has 168 valence electrons. The SMILES string of the molecule is COC(=O)c1sc2c(cnc3cc(OC)c(OC)cc32)c1NC(=O)c1ccccc1[N+](=O)[O-]. The standard InChI is InChI=1S/C22H17N3O7S/c1-30-16-8-12-14(9-17(16)31-2)23-10-13-18(20(22(27)32-3)33-19(12)13)24-21(26)11-6-4-5-7-15(11)25(28)29/h4-10H,1-3H3,(H,24,26). The first-order valence-electron chi connectivity index (χ1n) is 9.49. The first-order chi connectivity index (χ1) is 15.9. The maximum atomic E-state index is 13.0. The number of rotatable bonds is 6. The van der Waals surface area contributed by atoms with Gasteiger partial charge < -0.3 is 19.5 Å². The predicted molar refractivity (Wildman–Crippen MR) is 123 cm³/mol. The number of benzene rings is 2. The molecule has 0 atom stereocenters. The number of pyridine rings is 1. The fraction of sp³-hybridized carbons (Fsp3) is 0.136. The molecule has 0 fully saturated rings. The Balaban J connectivity index is 1.92. The summed E-state index contributed by atoms with van der Waals surface area (Å²) >= 11 is 1.11. The van der Waals surface area contributed by atoms with Gasteiger partial charge in [0.25, 0.3) is 11.6 Å². The number of aromatic nitrogens is 1. The third kappa shape index (κ3) is 3.78. The van der Waals surface area contributed by atoms with E-state index >= 15 is 0 Å². The first kappa shape index (κ1) is 22.0. The Labute approximate surface area is 190 Å². The van der Waals surface area contributed by atoms with Crippen LogP contribution in [0.4, 0.5) is 11.4 Å². The second kappa shape index (κ2) is 8.71. The number of nitro groups is 1. The van der Waals surface area contributed by atoms with E-state index in [1.165, 1.54) is 51.8 Å². The van der Waals surface area contributed by atoms with E-state index < -0.39 is 16.8 Å². The van der Waals surface area contributed by atoms with Gasteiger partial charge in [-0.05, 0) is 12.1 Å². The average molecular weight is 467 g/mol. The van der Waals surface area contributed by atoms with Crippen LogP contribution in [0, 0.1) is 10.1 Å². The number of nitrogens with one attached hydrogen (secondary N) is 1. The van der Waals surface area contributed by atoms with Crippen LogP contribution >= 0.6 is 11.3 Å². The molecule has 4 rings (SSSR count). The lowest BCUT2D eigenvalue weighted by Gasteiger charge is -2.10. The van der Waals surface area contributed by atoms with E-state index in [-0.39, 0.29) is 21.8 Å². The quantitative estimate of drug-likeness (QED) is 0.251. The number of methoxy groups -OCH3 is 3. The summed E-state index contributed by atoms with van der Waals surface area (Å²) in [5.74, 6) is -0.438. The Morgan fingerprint density at radius 2 is 1.76 bits per heavy atom. The van der Waals surface area contributed by atoms with Crippen molar-refractivity contribution < 1.29 is 28.7 Å². The first-order valence-corrected chi connectivity index (χ1v) is 10.3. The lowest BCUT2D eigenvalue weighted by Crippen LogP contribution is -2.15. The molecular weight excluding hydrogens is 450 g/mol. The number of amides is 1. The third-order valence-corrected chi connectivity index (χ3v) is 6.20. The Morgan fingerprint density at radius 3 is 2.42 bits per heavy atom. The molecule has 0 aliphatic heterocycles.